The minimum Gasteiger partial charge on any atom is -0.378 e. The molecular formula is C19H28N2O2S. The van der Waals surface area contributed by atoms with Gasteiger partial charge >= 0.3 is 0 Å². The highest BCUT2D eigenvalue weighted by atomic mass is 32.1. The molecule has 2 aliphatic heterocycles. The van der Waals surface area contributed by atoms with Gasteiger partial charge in [-0.2, -0.15) is 0 Å². The Morgan fingerprint density at radius 3 is 3.08 bits per heavy atom. The van der Waals surface area contributed by atoms with Gasteiger partial charge in [-0.25, -0.2) is 0 Å². The molecule has 0 bridgehead atoms. The summed E-state index contributed by atoms with van der Waals surface area (Å²) in [7, 11) is 0. The van der Waals surface area contributed by atoms with E-state index in [-0.39, 0.29) is 11.3 Å². The van der Waals surface area contributed by atoms with E-state index in [4.69, 9.17) is 4.74 Å². The molecule has 3 fully saturated rings. The summed E-state index contributed by atoms with van der Waals surface area (Å²) in [6.07, 6.45) is 5.86. The summed E-state index contributed by atoms with van der Waals surface area (Å²) >= 11 is 1.87. The van der Waals surface area contributed by atoms with Crippen LogP contribution in [0.3, 0.4) is 0 Å². The van der Waals surface area contributed by atoms with Crippen molar-refractivity contribution in [3.8, 4) is 0 Å². The minimum absolute atomic E-state index is 0.236. The third-order valence-corrected chi connectivity index (χ3v) is 7.06. The molecule has 2 atom stereocenters. The molecule has 0 unspecified atom stereocenters. The van der Waals surface area contributed by atoms with Gasteiger partial charge in [-0.1, -0.05) is 0 Å². The molecule has 1 amide bonds. The van der Waals surface area contributed by atoms with Crippen LogP contribution in [-0.4, -0.2) is 43.2 Å². The SMILES string of the molecule is Cc1ccsc1CN1CC[C@@H]2OCC[C@]2(CCNC(=O)C2CC2)C1. The topological polar surface area (TPSA) is 41.6 Å². The van der Waals surface area contributed by atoms with Crippen molar-refractivity contribution in [2.24, 2.45) is 11.3 Å². The van der Waals surface area contributed by atoms with Gasteiger partial charge < -0.3 is 10.1 Å². The number of nitrogens with one attached hydrogen (secondary N) is 1. The van der Waals surface area contributed by atoms with E-state index in [9.17, 15) is 4.79 Å². The van der Waals surface area contributed by atoms with Gasteiger partial charge in [0.2, 0.25) is 5.91 Å². The summed E-state index contributed by atoms with van der Waals surface area (Å²) in [6, 6.07) is 2.22. The zero-order valence-electron chi connectivity index (χ0n) is 14.6. The van der Waals surface area contributed by atoms with E-state index in [2.05, 4.69) is 28.6 Å². The average molecular weight is 349 g/mol. The van der Waals surface area contributed by atoms with Gasteiger partial charge in [0.1, 0.15) is 0 Å². The Balaban J connectivity index is 1.37. The summed E-state index contributed by atoms with van der Waals surface area (Å²) in [5.74, 6) is 0.575. The monoisotopic (exact) mass is 348 g/mol. The molecule has 1 aromatic heterocycles. The fourth-order valence-electron chi connectivity index (χ4n) is 4.33. The highest BCUT2D eigenvalue weighted by Gasteiger charge is 2.47. The highest BCUT2D eigenvalue weighted by Crippen LogP contribution is 2.44. The second-order valence-corrected chi connectivity index (χ2v) is 8.81. The molecule has 1 aromatic rings. The number of piperidine rings is 1. The van der Waals surface area contributed by atoms with E-state index in [0.29, 0.717) is 12.0 Å². The number of fused-ring (bicyclic) bond motifs is 1. The fraction of sp³-hybridized carbons (Fsp3) is 0.737. The molecular weight excluding hydrogens is 320 g/mol. The summed E-state index contributed by atoms with van der Waals surface area (Å²) < 4.78 is 6.05. The standard InChI is InChI=1S/C19H28N2O2S/c1-14-5-11-24-16(14)12-21-9-4-17-19(13-21,7-10-23-17)6-8-20-18(22)15-2-3-15/h5,11,15,17H,2-4,6-10,12-13H2,1H3,(H,20,22)/t17-,19+/m0/s1. The molecule has 1 aliphatic carbocycles. The Morgan fingerprint density at radius 1 is 1.46 bits per heavy atom. The van der Waals surface area contributed by atoms with Crippen LogP contribution in [-0.2, 0) is 16.1 Å². The molecule has 3 heterocycles. The van der Waals surface area contributed by atoms with E-state index in [1.165, 1.54) is 10.4 Å². The van der Waals surface area contributed by atoms with Crippen molar-refractivity contribution in [1.29, 1.82) is 0 Å². The van der Waals surface area contributed by atoms with Crippen LogP contribution in [0.15, 0.2) is 11.4 Å². The van der Waals surface area contributed by atoms with Crippen LogP contribution >= 0.6 is 11.3 Å². The molecule has 24 heavy (non-hydrogen) atoms. The number of carbonyl (C=O) groups is 1. The molecule has 4 nitrogen and oxygen atoms in total. The van der Waals surface area contributed by atoms with Gasteiger partial charge in [0.25, 0.3) is 0 Å². The third-order valence-electron chi connectivity index (χ3n) is 6.05. The average Bonchev–Trinajstić information content (AvgIpc) is 3.23. The lowest BCUT2D eigenvalue weighted by Crippen LogP contribution is -2.50. The number of likely N-dealkylation sites (tertiary alicyclic amines) is 1. The number of nitrogens with zero attached hydrogens (tertiary/aromatic N) is 1. The van der Waals surface area contributed by atoms with Crippen molar-refractivity contribution in [2.75, 3.05) is 26.2 Å². The minimum atomic E-state index is 0.236. The lowest BCUT2D eigenvalue weighted by atomic mass is 9.74. The molecule has 3 aliphatic rings. The van der Waals surface area contributed by atoms with Crippen molar-refractivity contribution >= 4 is 17.2 Å². The third kappa shape index (κ3) is 3.39. The largest absolute Gasteiger partial charge is 0.378 e. The number of amides is 1. The Morgan fingerprint density at radius 2 is 2.33 bits per heavy atom. The number of carbonyl (C=O) groups excluding carboxylic acids is 1. The summed E-state index contributed by atoms with van der Waals surface area (Å²) in [4.78, 5) is 16.0. The van der Waals surface area contributed by atoms with Crippen molar-refractivity contribution in [3.63, 3.8) is 0 Å². The zero-order chi connectivity index (χ0) is 16.6. The Bertz CT molecular complexity index is 598. The van der Waals surface area contributed by atoms with Gasteiger partial charge in [0.05, 0.1) is 6.10 Å². The van der Waals surface area contributed by atoms with Crippen molar-refractivity contribution in [2.45, 2.75) is 51.7 Å². The summed E-state index contributed by atoms with van der Waals surface area (Å²) in [6.45, 7) is 7.19. The molecule has 4 rings (SSSR count). The van der Waals surface area contributed by atoms with E-state index < -0.39 is 0 Å². The van der Waals surface area contributed by atoms with Gasteiger partial charge in [-0.3, -0.25) is 9.69 Å². The van der Waals surface area contributed by atoms with Crippen molar-refractivity contribution < 1.29 is 9.53 Å². The number of thiophene rings is 1. The number of aryl methyl sites for hydroxylation is 1. The first-order valence-electron chi connectivity index (χ1n) is 9.31. The van der Waals surface area contributed by atoms with Gasteiger partial charge in [-0.05, 0) is 56.0 Å². The first kappa shape index (κ1) is 16.6. The van der Waals surface area contributed by atoms with Crippen LogP contribution in [0, 0.1) is 18.3 Å². The Labute approximate surface area is 148 Å². The Kier molecular flexibility index (Phi) is 4.67. The van der Waals surface area contributed by atoms with Crippen molar-refractivity contribution in [3.05, 3.63) is 21.9 Å². The molecule has 132 valence electrons. The van der Waals surface area contributed by atoms with Crippen LogP contribution in [0.1, 0.15) is 42.5 Å². The predicted octanol–water partition coefficient (Wildman–Crippen LogP) is 2.95. The maximum absolute atomic E-state index is 11.9. The molecule has 0 aromatic carbocycles. The first-order chi connectivity index (χ1) is 11.7. The van der Waals surface area contributed by atoms with E-state index >= 15 is 0 Å². The van der Waals surface area contributed by atoms with E-state index in [1.807, 2.05) is 11.3 Å². The highest BCUT2D eigenvalue weighted by molar-refractivity contribution is 7.10. The molecule has 1 N–H and O–H groups in total. The second-order valence-electron chi connectivity index (χ2n) is 7.81. The van der Waals surface area contributed by atoms with Crippen LogP contribution in [0.2, 0.25) is 0 Å². The quantitative estimate of drug-likeness (QED) is 0.859. The van der Waals surface area contributed by atoms with E-state index in [1.54, 1.807) is 0 Å². The Hall–Kier alpha value is -0.910. The van der Waals surface area contributed by atoms with Gasteiger partial charge in [0.15, 0.2) is 0 Å². The normalized spacial score (nSPS) is 30.3. The lowest BCUT2D eigenvalue weighted by Gasteiger charge is -2.44. The smallest absolute Gasteiger partial charge is 0.223 e. The number of hydrogen-bond acceptors (Lipinski definition) is 4. The lowest BCUT2D eigenvalue weighted by molar-refractivity contribution is -0.122. The molecule has 5 heteroatoms. The fourth-order valence-corrected chi connectivity index (χ4v) is 5.28. The summed E-state index contributed by atoms with van der Waals surface area (Å²) in [5.41, 5.74) is 1.65. The number of hydrogen-bond donors (Lipinski definition) is 1. The van der Waals surface area contributed by atoms with Gasteiger partial charge in [0, 0.05) is 49.0 Å². The first-order valence-corrected chi connectivity index (χ1v) is 10.2. The maximum atomic E-state index is 11.9. The van der Waals surface area contributed by atoms with Crippen LogP contribution < -0.4 is 5.32 Å². The molecule has 0 spiro atoms. The summed E-state index contributed by atoms with van der Waals surface area (Å²) in [5, 5.41) is 5.35. The second kappa shape index (κ2) is 6.77. The van der Waals surface area contributed by atoms with Crippen LogP contribution in [0.5, 0.6) is 0 Å². The van der Waals surface area contributed by atoms with Crippen LogP contribution in [0.4, 0.5) is 0 Å². The number of ether oxygens (including phenoxy) is 1. The number of rotatable bonds is 6. The maximum Gasteiger partial charge on any atom is 0.223 e. The van der Waals surface area contributed by atoms with E-state index in [0.717, 1.165) is 64.9 Å². The van der Waals surface area contributed by atoms with Crippen LogP contribution in [0.25, 0.3) is 0 Å². The molecule has 0 radical (unpaired) electrons. The predicted molar refractivity (Wildman–Crippen MR) is 96.1 cm³/mol. The molecule has 2 saturated heterocycles. The van der Waals surface area contributed by atoms with Crippen molar-refractivity contribution in [1.82, 2.24) is 10.2 Å². The zero-order valence-corrected chi connectivity index (χ0v) is 15.4. The van der Waals surface area contributed by atoms with Gasteiger partial charge in [-0.15, -0.1) is 11.3 Å². The molecule has 1 saturated carbocycles.